The molecule has 0 saturated carbocycles. The van der Waals surface area contributed by atoms with Gasteiger partial charge in [0, 0.05) is 5.56 Å². The van der Waals surface area contributed by atoms with E-state index in [0.29, 0.717) is 0 Å². The maximum Gasteiger partial charge on any atom is 0.574 e. The summed E-state index contributed by atoms with van der Waals surface area (Å²) < 4.78 is 78.1. The molecule has 118 valence electrons. The first kappa shape index (κ1) is 17.3. The van der Waals surface area contributed by atoms with Crippen LogP contribution < -0.4 is 4.74 Å². The number of rotatable bonds is 4. The minimum atomic E-state index is -5.23. The summed E-state index contributed by atoms with van der Waals surface area (Å²) in [5.41, 5.74) is -3.16. The zero-order valence-electron chi connectivity index (χ0n) is 9.85. The van der Waals surface area contributed by atoms with Gasteiger partial charge in [0.1, 0.15) is 0 Å². The lowest BCUT2D eigenvalue weighted by molar-refractivity contribution is -0.276. The molecule has 1 aromatic heterocycles. The molecular weight excluding hydrogens is 332 g/mol. The van der Waals surface area contributed by atoms with Crippen LogP contribution >= 0.6 is 11.6 Å². The van der Waals surface area contributed by atoms with Crippen molar-refractivity contribution in [3.63, 3.8) is 0 Å². The molecule has 0 fully saturated rings. The summed E-state index contributed by atoms with van der Waals surface area (Å²) >= 11 is 5.22. The van der Waals surface area contributed by atoms with Gasteiger partial charge in [0.2, 0.25) is 5.88 Å². The molecule has 0 atom stereocenters. The predicted molar refractivity (Wildman–Crippen MR) is 56.8 cm³/mol. The van der Waals surface area contributed by atoms with E-state index >= 15 is 0 Å². The highest BCUT2D eigenvalue weighted by Crippen LogP contribution is 2.36. The summed E-state index contributed by atoms with van der Waals surface area (Å²) in [5, 5.41) is 8.54. The largest absolute Gasteiger partial charge is 0.574 e. The van der Waals surface area contributed by atoms with E-state index in [4.69, 9.17) is 16.7 Å². The fourth-order valence-corrected chi connectivity index (χ4v) is 1.61. The Morgan fingerprint density at radius 2 is 1.86 bits per heavy atom. The van der Waals surface area contributed by atoms with Crippen LogP contribution in [-0.2, 0) is 23.3 Å². The van der Waals surface area contributed by atoms with Gasteiger partial charge in [0.05, 0.1) is 23.6 Å². The number of nitrogens with zero attached hydrogens (tertiary/aromatic N) is 1. The van der Waals surface area contributed by atoms with Crippen molar-refractivity contribution in [2.45, 2.75) is 24.8 Å². The molecular formula is C10H6ClF6NO3. The van der Waals surface area contributed by atoms with E-state index in [-0.39, 0.29) is 6.07 Å². The Morgan fingerprint density at radius 3 is 2.24 bits per heavy atom. The van der Waals surface area contributed by atoms with E-state index in [2.05, 4.69) is 9.72 Å². The molecule has 11 heteroatoms. The first-order valence-corrected chi connectivity index (χ1v) is 5.61. The van der Waals surface area contributed by atoms with Crippen molar-refractivity contribution >= 4 is 17.6 Å². The number of aliphatic carboxylic acids is 1. The van der Waals surface area contributed by atoms with E-state index in [1.165, 1.54) is 0 Å². The second-order valence-electron chi connectivity index (χ2n) is 3.70. The van der Waals surface area contributed by atoms with Crippen LogP contribution in [0.1, 0.15) is 16.8 Å². The maximum absolute atomic E-state index is 12.7. The molecule has 0 aliphatic rings. The highest BCUT2D eigenvalue weighted by Gasteiger charge is 2.38. The smallest absolute Gasteiger partial charge is 0.481 e. The number of pyridine rings is 1. The van der Waals surface area contributed by atoms with Crippen molar-refractivity contribution in [1.29, 1.82) is 0 Å². The Kier molecular flexibility index (Phi) is 4.92. The third-order valence-corrected chi connectivity index (χ3v) is 2.38. The number of hydrogen-bond donors (Lipinski definition) is 1. The number of aromatic nitrogens is 1. The molecule has 0 unspecified atom stereocenters. The molecule has 0 saturated heterocycles. The van der Waals surface area contributed by atoms with Crippen molar-refractivity contribution in [3.05, 3.63) is 22.9 Å². The second kappa shape index (κ2) is 5.96. The zero-order chi connectivity index (χ0) is 16.4. The first-order valence-electron chi connectivity index (χ1n) is 5.07. The average Bonchev–Trinajstić information content (AvgIpc) is 2.26. The second-order valence-corrected chi connectivity index (χ2v) is 3.96. The Labute approximate surface area is 118 Å². The van der Waals surface area contributed by atoms with Gasteiger partial charge in [-0.3, -0.25) is 4.79 Å². The third kappa shape index (κ3) is 4.96. The summed E-state index contributed by atoms with van der Waals surface area (Å²) in [6, 6.07) is 0.236. The minimum absolute atomic E-state index is 0.236. The van der Waals surface area contributed by atoms with Crippen LogP contribution in [0.25, 0.3) is 0 Å². The van der Waals surface area contributed by atoms with Gasteiger partial charge in [-0.25, -0.2) is 4.98 Å². The number of carboxylic acids is 1. The SMILES string of the molecule is O=C(O)Cc1cc(C(F)(F)F)c(CCl)nc1OC(F)(F)F. The van der Waals surface area contributed by atoms with Gasteiger partial charge < -0.3 is 9.84 Å². The van der Waals surface area contributed by atoms with E-state index in [1.54, 1.807) is 0 Å². The van der Waals surface area contributed by atoms with Gasteiger partial charge in [-0.2, -0.15) is 13.2 Å². The molecule has 0 aliphatic heterocycles. The Balaban J connectivity index is 3.44. The van der Waals surface area contributed by atoms with Crippen LogP contribution in [0.2, 0.25) is 0 Å². The number of carbonyl (C=O) groups is 1. The quantitative estimate of drug-likeness (QED) is 0.676. The Bertz CT molecular complexity index is 543. The van der Waals surface area contributed by atoms with Crippen molar-refractivity contribution in [1.82, 2.24) is 4.98 Å². The predicted octanol–water partition coefficient (Wildman–Crippen LogP) is 3.36. The Hall–Kier alpha value is -1.71. The number of halogens is 7. The lowest BCUT2D eigenvalue weighted by atomic mass is 10.1. The molecule has 0 radical (unpaired) electrons. The van der Waals surface area contributed by atoms with Gasteiger partial charge in [0.25, 0.3) is 0 Å². The summed E-state index contributed by atoms with van der Waals surface area (Å²) in [5.74, 6) is -3.74. The van der Waals surface area contributed by atoms with Crippen LogP contribution in [-0.4, -0.2) is 22.4 Å². The van der Waals surface area contributed by atoms with Crippen LogP contribution in [0.15, 0.2) is 6.07 Å². The summed E-state index contributed by atoms with van der Waals surface area (Å²) in [6.07, 6.45) is -11.3. The number of hydrogen-bond acceptors (Lipinski definition) is 3. The van der Waals surface area contributed by atoms with Crippen molar-refractivity contribution in [2.75, 3.05) is 0 Å². The van der Waals surface area contributed by atoms with Gasteiger partial charge in [-0.05, 0) is 6.07 Å². The van der Waals surface area contributed by atoms with E-state index < -0.39 is 53.5 Å². The average molecular weight is 338 g/mol. The maximum atomic E-state index is 12.7. The van der Waals surface area contributed by atoms with E-state index in [9.17, 15) is 31.1 Å². The highest BCUT2D eigenvalue weighted by atomic mass is 35.5. The fourth-order valence-electron chi connectivity index (χ4n) is 1.41. The summed E-state index contributed by atoms with van der Waals surface area (Å²) in [4.78, 5) is 13.6. The van der Waals surface area contributed by atoms with Crippen LogP contribution in [0.5, 0.6) is 5.88 Å². The molecule has 0 amide bonds. The normalized spacial score (nSPS) is 12.3. The number of carboxylic acid groups (broad SMARTS) is 1. The first-order chi connectivity index (χ1) is 9.44. The molecule has 0 bridgehead atoms. The lowest BCUT2D eigenvalue weighted by Crippen LogP contribution is -2.21. The zero-order valence-corrected chi connectivity index (χ0v) is 10.6. The molecule has 21 heavy (non-hydrogen) atoms. The molecule has 0 spiro atoms. The Morgan fingerprint density at radius 1 is 1.29 bits per heavy atom. The van der Waals surface area contributed by atoms with Crippen molar-refractivity contribution < 1.29 is 41.0 Å². The van der Waals surface area contributed by atoms with Crippen molar-refractivity contribution in [2.24, 2.45) is 0 Å². The molecule has 4 nitrogen and oxygen atoms in total. The van der Waals surface area contributed by atoms with E-state index in [0.717, 1.165) is 0 Å². The highest BCUT2D eigenvalue weighted by molar-refractivity contribution is 6.17. The summed E-state index contributed by atoms with van der Waals surface area (Å²) in [7, 11) is 0. The summed E-state index contributed by atoms with van der Waals surface area (Å²) in [6.45, 7) is 0. The standard InChI is InChI=1S/C10H6ClF6NO3/c11-3-6-5(9(12,13)14)1-4(2-7(19)20)8(18-6)21-10(15,16)17/h1H,2-3H2,(H,19,20). The van der Waals surface area contributed by atoms with Crippen molar-refractivity contribution in [3.8, 4) is 5.88 Å². The third-order valence-electron chi connectivity index (χ3n) is 2.13. The van der Waals surface area contributed by atoms with E-state index in [1.807, 2.05) is 0 Å². The van der Waals surface area contributed by atoms with Crippen LogP contribution in [0.4, 0.5) is 26.3 Å². The molecule has 1 N–H and O–H groups in total. The lowest BCUT2D eigenvalue weighted by Gasteiger charge is -2.16. The fraction of sp³-hybridized carbons (Fsp3) is 0.400. The van der Waals surface area contributed by atoms with Gasteiger partial charge >= 0.3 is 18.5 Å². The van der Waals surface area contributed by atoms with Crippen LogP contribution in [0, 0.1) is 0 Å². The number of alkyl halides is 7. The van der Waals surface area contributed by atoms with Gasteiger partial charge in [-0.1, -0.05) is 0 Å². The molecule has 1 heterocycles. The monoisotopic (exact) mass is 337 g/mol. The molecule has 1 aromatic rings. The molecule has 0 aromatic carbocycles. The molecule has 1 rings (SSSR count). The van der Waals surface area contributed by atoms with Gasteiger partial charge in [0.15, 0.2) is 0 Å². The van der Waals surface area contributed by atoms with Crippen LogP contribution in [0.3, 0.4) is 0 Å². The van der Waals surface area contributed by atoms with Gasteiger partial charge in [-0.15, -0.1) is 24.8 Å². The number of ether oxygens (including phenoxy) is 1. The minimum Gasteiger partial charge on any atom is -0.481 e. The molecule has 0 aliphatic carbocycles. The topological polar surface area (TPSA) is 59.4 Å².